The Morgan fingerprint density at radius 1 is 1.07 bits per heavy atom. The highest BCUT2D eigenvalue weighted by Crippen LogP contribution is 2.25. The zero-order valence-electron chi connectivity index (χ0n) is 15.1. The quantitative estimate of drug-likeness (QED) is 0.508. The van der Waals surface area contributed by atoms with Crippen LogP contribution in [0.1, 0.15) is 10.4 Å². The molecule has 0 aliphatic heterocycles. The van der Waals surface area contributed by atoms with E-state index < -0.39 is 10.0 Å². The third-order valence-electron chi connectivity index (χ3n) is 3.77. The van der Waals surface area contributed by atoms with E-state index in [2.05, 4.69) is 18.5 Å². The summed E-state index contributed by atoms with van der Waals surface area (Å²) >= 11 is 1.54. The standard InChI is InChI=1S/C20H22N2O3S2/c1-4-14-22(15-5-2)27(24,25)17-12-10-16(11-13-17)20(23)21-18-8-6-7-9-19(18)26-3/h4-13H,1-2,14-15H2,3H3,(H,21,23). The van der Waals surface area contributed by atoms with Crippen LogP contribution >= 0.6 is 11.8 Å². The number of hydrogen-bond acceptors (Lipinski definition) is 4. The van der Waals surface area contributed by atoms with Crippen molar-refractivity contribution in [2.75, 3.05) is 24.7 Å². The molecule has 2 aromatic rings. The van der Waals surface area contributed by atoms with Crippen LogP contribution in [0.3, 0.4) is 0 Å². The minimum Gasteiger partial charge on any atom is -0.321 e. The number of para-hydroxylation sites is 1. The van der Waals surface area contributed by atoms with Crippen LogP contribution in [-0.2, 0) is 10.0 Å². The Morgan fingerprint density at radius 2 is 1.67 bits per heavy atom. The molecule has 2 rings (SSSR count). The van der Waals surface area contributed by atoms with E-state index in [1.165, 1.54) is 52.5 Å². The van der Waals surface area contributed by atoms with Crippen molar-refractivity contribution in [2.24, 2.45) is 0 Å². The molecule has 0 unspecified atom stereocenters. The van der Waals surface area contributed by atoms with E-state index in [0.717, 1.165) is 10.6 Å². The molecule has 0 fully saturated rings. The van der Waals surface area contributed by atoms with E-state index in [9.17, 15) is 13.2 Å². The highest BCUT2D eigenvalue weighted by atomic mass is 32.2. The number of hydrogen-bond donors (Lipinski definition) is 1. The van der Waals surface area contributed by atoms with Gasteiger partial charge >= 0.3 is 0 Å². The number of nitrogens with one attached hydrogen (secondary N) is 1. The van der Waals surface area contributed by atoms with Crippen molar-refractivity contribution in [3.8, 4) is 0 Å². The monoisotopic (exact) mass is 402 g/mol. The maximum Gasteiger partial charge on any atom is 0.255 e. The van der Waals surface area contributed by atoms with E-state index in [1.807, 2.05) is 30.5 Å². The predicted molar refractivity (Wildman–Crippen MR) is 112 cm³/mol. The number of thioether (sulfide) groups is 1. The lowest BCUT2D eigenvalue weighted by molar-refractivity contribution is 0.102. The second-order valence-corrected chi connectivity index (χ2v) is 8.36. The zero-order valence-corrected chi connectivity index (χ0v) is 16.7. The number of amides is 1. The van der Waals surface area contributed by atoms with Gasteiger partial charge in [0.15, 0.2) is 0 Å². The summed E-state index contributed by atoms with van der Waals surface area (Å²) in [5.41, 5.74) is 1.10. The van der Waals surface area contributed by atoms with Crippen molar-refractivity contribution < 1.29 is 13.2 Å². The van der Waals surface area contributed by atoms with Crippen LogP contribution in [0.25, 0.3) is 0 Å². The van der Waals surface area contributed by atoms with Gasteiger partial charge in [0.1, 0.15) is 0 Å². The lowest BCUT2D eigenvalue weighted by Crippen LogP contribution is -2.31. The summed E-state index contributed by atoms with van der Waals surface area (Å²) in [6.07, 6.45) is 4.97. The molecule has 0 aliphatic rings. The van der Waals surface area contributed by atoms with Crippen LogP contribution in [0.15, 0.2) is 83.6 Å². The molecule has 0 aliphatic carbocycles. The van der Waals surface area contributed by atoms with Crippen LogP contribution in [0.2, 0.25) is 0 Å². The van der Waals surface area contributed by atoms with Gasteiger partial charge in [-0.05, 0) is 42.7 Å². The molecule has 0 atom stereocenters. The summed E-state index contributed by atoms with van der Waals surface area (Å²) in [6.45, 7) is 7.54. The number of carbonyl (C=O) groups is 1. The van der Waals surface area contributed by atoms with Crippen LogP contribution < -0.4 is 5.32 Å². The first-order valence-electron chi connectivity index (χ1n) is 8.20. The average molecular weight is 403 g/mol. The zero-order chi connectivity index (χ0) is 19.9. The highest BCUT2D eigenvalue weighted by molar-refractivity contribution is 7.98. The molecule has 0 aromatic heterocycles. The fraction of sp³-hybridized carbons (Fsp3) is 0.150. The topological polar surface area (TPSA) is 66.5 Å². The van der Waals surface area contributed by atoms with Gasteiger partial charge in [-0.2, -0.15) is 4.31 Å². The highest BCUT2D eigenvalue weighted by Gasteiger charge is 2.22. The molecule has 142 valence electrons. The molecule has 1 amide bonds. The van der Waals surface area contributed by atoms with Gasteiger partial charge < -0.3 is 5.32 Å². The molecule has 27 heavy (non-hydrogen) atoms. The molecule has 0 radical (unpaired) electrons. The summed E-state index contributed by atoms with van der Waals surface area (Å²) < 4.78 is 26.7. The molecule has 0 bridgehead atoms. The third-order valence-corrected chi connectivity index (χ3v) is 6.42. The summed E-state index contributed by atoms with van der Waals surface area (Å²) in [5.74, 6) is -0.297. The van der Waals surface area contributed by atoms with E-state index in [1.54, 1.807) is 0 Å². The maximum atomic E-state index is 12.7. The Balaban J connectivity index is 2.22. The van der Waals surface area contributed by atoms with Crippen LogP contribution in [-0.4, -0.2) is 38.0 Å². The molecular weight excluding hydrogens is 380 g/mol. The fourth-order valence-corrected chi connectivity index (χ4v) is 4.36. The third kappa shape index (κ3) is 5.09. The SMILES string of the molecule is C=CCN(CC=C)S(=O)(=O)c1ccc(C(=O)Nc2ccccc2SC)cc1. The molecule has 0 saturated carbocycles. The maximum absolute atomic E-state index is 12.7. The van der Waals surface area contributed by atoms with E-state index >= 15 is 0 Å². The summed E-state index contributed by atoms with van der Waals surface area (Å²) in [6, 6.07) is 13.4. The van der Waals surface area contributed by atoms with Crippen molar-refractivity contribution in [3.05, 3.63) is 79.4 Å². The number of rotatable bonds is 9. The van der Waals surface area contributed by atoms with Crippen molar-refractivity contribution >= 4 is 33.4 Å². The van der Waals surface area contributed by atoms with Crippen molar-refractivity contribution in [3.63, 3.8) is 0 Å². The Kier molecular flexibility index (Phi) is 7.41. The summed E-state index contributed by atoms with van der Waals surface area (Å²) in [5, 5.41) is 2.85. The van der Waals surface area contributed by atoms with Gasteiger partial charge in [-0.3, -0.25) is 4.79 Å². The molecule has 2 aromatic carbocycles. The molecule has 7 heteroatoms. The van der Waals surface area contributed by atoms with E-state index in [-0.39, 0.29) is 23.9 Å². The number of anilines is 1. The average Bonchev–Trinajstić information content (AvgIpc) is 2.68. The van der Waals surface area contributed by atoms with Gasteiger partial charge in [0.25, 0.3) is 5.91 Å². The lowest BCUT2D eigenvalue weighted by atomic mass is 10.2. The molecule has 0 heterocycles. The Morgan fingerprint density at radius 3 is 2.22 bits per heavy atom. The Hall–Kier alpha value is -2.35. The van der Waals surface area contributed by atoms with Crippen molar-refractivity contribution in [2.45, 2.75) is 9.79 Å². The molecule has 5 nitrogen and oxygen atoms in total. The fourth-order valence-electron chi connectivity index (χ4n) is 2.43. The molecule has 0 spiro atoms. The van der Waals surface area contributed by atoms with Crippen LogP contribution in [0, 0.1) is 0 Å². The Bertz CT molecular complexity index is 912. The number of carbonyl (C=O) groups excluding carboxylic acids is 1. The smallest absolute Gasteiger partial charge is 0.255 e. The second kappa shape index (κ2) is 9.55. The molecule has 1 N–H and O–H groups in total. The van der Waals surface area contributed by atoms with E-state index in [4.69, 9.17) is 0 Å². The number of nitrogens with zero attached hydrogens (tertiary/aromatic N) is 1. The first-order chi connectivity index (χ1) is 12.9. The van der Waals surface area contributed by atoms with Gasteiger partial charge in [-0.25, -0.2) is 8.42 Å². The van der Waals surface area contributed by atoms with Gasteiger partial charge in [0, 0.05) is 23.5 Å². The minimum absolute atomic E-state index is 0.118. The van der Waals surface area contributed by atoms with Gasteiger partial charge in [-0.1, -0.05) is 24.3 Å². The van der Waals surface area contributed by atoms with Crippen molar-refractivity contribution in [1.29, 1.82) is 0 Å². The Labute approximate surface area is 164 Å². The van der Waals surface area contributed by atoms with Crippen LogP contribution in [0.5, 0.6) is 0 Å². The van der Waals surface area contributed by atoms with Gasteiger partial charge in [0.05, 0.1) is 10.6 Å². The summed E-state index contributed by atoms with van der Waals surface area (Å²) in [7, 11) is -3.68. The predicted octanol–water partition coefficient (Wildman–Crippen LogP) is 4.02. The normalized spacial score (nSPS) is 11.2. The lowest BCUT2D eigenvalue weighted by Gasteiger charge is -2.19. The van der Waals surface area contributed by atoms with Gasteiger partial charge in [0.2, 0.25) is 10.0 Å². The summed E-state index contributed by atoms with van der Waals surface area (Å²) in [4.78, 5) is 13.5. The van der Waals surface area contributed by atoms with Gasteiger partial charge in [-0.15, -0.1) is 24.9 Å². The van der Waals surface area contributed by atoms with Crippen LogP contribution in [0.4, 0.5) is 5.69 Å². The van der Waals surface area contributed by atoms with E-state index in [0.29, 0.717) is 5.56 Å². The number of sulfonamides is 1. The largest absolute Gasteiger partial charge is 0.321 e. The first kappa shape index (κ1) is 21.0. The van der Waals surface area contributed by atoms with Crippen molar-refractivity contribution in [1.82, 2.24) is 4.31 Å². The molecule has 0 saturated heterocycles. The second-order valence-electron chi connectivity index (χ2n) is 5.58. The number of benzene rings is 2. The minimum atomic E-state index is -3.68. The first-order valence-corrected chi connectivity index (χ1v) is 10.9. The molecular formula is C20H22N2O3S2.